The maximum atomic E-state index is 10.8. The van der Waals surface area contributed by atoms with Gasteiger partial charge in [0.05, 0.1) is 13.2 Å². The molecule has 4 nitrogen and oxygen atoms in total. The normalized spacial score (nSPS) is 16.8. The highest BCUT2D eigenvalue weighted by molar-refractivity contribution is 5.83. The van der Waals surface area contributed by atoms with Gasteiger partial charge in [0.1, 0.15) is 11.5 Å². The lowest BCUT2D eigenvalue weighted by Crippen LogP contribution is -2.17. The Bertz CT molecular complexity index is 708. The number of aliphatic carboxylic acids is 1. The van der Waals surface area contributed by atoms with Crippen molar-refractivity contribution in [1.29, 1.82) is 0 Å². The molecule has 0 amide bonds. The molecule has 0 saturated heterocycles. The highest BCUT2D eigenvalue weighted by atomic mass is 16.5. The Morgan fingerprint density at radius 3 is 2.83 bits per heavy atom. The molecule has 2 rings (SSSR count). The van der Waals surface area contributed by atoms with Gasteiger partial charge in [-0.3, -0.25) is 0 Å². The molecule has 0 unspecified atom stereocenters. The number of carboxylic acids is 1. The first-order chi connectivity index (χ1) is 11.3. The highest BCUT2D eigenvalue weighted by Gasteiger charge is 2.23. The number of rotatable bonds is 5. The van der Waals surface area contributed by atoms with Crippen LogP contribution in [-0.2, 0) is 4.79 Å². The van der Waals surface area contributed by atoms with Crippen molar-refractivity contribution in [1.82, 2.24) is 0 Å². The predicted molar refractivity (Wildman–Crippen MR) is 95.4 cm³/mol. The zero-order chi connectivity index (χ0) is 17.7. The smallest absolute Gasteiger partial charge is 0.328 e. The van der Waals surface area contributed by atoms with Crippen LogP contribution in [0.5, 0.6) is 11.5 Å². The molecule has 0 spiro atoms. The van der Waals surface area contributed by atoms with E-state index in [1.54, 1.807) is 13.0 Å². The quantitative estimate of drug-likeness (QED) is 0.640. The predicted octanol–water partition coefficient (Wildman–Crippen LogP) is 4.47. The van der Waals surface area contributed by atoms with E-state index in [4.69, 9.17) is 14.6 Å². The van der Waals surface area contributed by atoms with Gasteiger partial charge in [0.25, 0.3) is 0 Å². The summed E-state index contributed by atoms with van der Waals surface area (Å²) < 4.78 is 11.5. The molecule has 4 heteroatoms. The molecule has 0 aromatic heterocycles. The van der Waals surface area contributed by atoms with E-state index in [0.717, 1.165) is 22.6 Å². The number of hydrogen-bond donors (Lipinski definition) is 1. The van der Waals surface area contributed by atoms with E-state index >= 15 is 0 Å². The molecule has 1 aliphatic heterocycles. The van der Waals surface area contributed by atoms with Crippen molar-refractivity contribution >= 4 is 11.5 Å². The lowest BCUT2D eigenvalue weighted by molar-refractivity contribution is -0.131. The average molecular weight is 328 g/mol. The second-order valence-corrected chi connectivity index (χ2v) is 6.53. The van der Waals surface area contributed by atoms with Crippen LogP contribution in [0.1, 0.15) is 33.3 Å². The van der Waals surface area contributed by atoms with E-state index in [0.29, 0.717) is 18.8 Å². The van der Waals surface area contributed by atoms with Crippen LogP contribution in [0.4, 0.5) is 0 Å². The van der Waals surface area contributed by atoms with Crippen LogP contribution < -0.4 is 9.47 Å². The van der Waals surface area contributed by atoms with Crippen molar-refractivity contribution in [2.24, 2.45) is 5.41 Å². The number of hydrogen-bond acceptors (Lipinski definition) is 3. The van der Waals surface area contributed by atoms with Gasteiger partial charge in [0.2, 0.25) is 0 Å². The first-order valence-corrected chi connectivity index (χ1v) is 8.03. The van der Waals surface area contributed by atoms with E-state index < -0.39 is 5.97 Å². The topological polar surface area (TPSA) is 55.8 Å². The molecule has 1 aliphatic rings. The van der Waals surface area contributed by atoms with Gasteiger partial charge in [0, 0.05) is 17.1 Å². The molecule has 1 aromatic rings. The fourth-order valence-corrected chi connectivity index (χ4v) is 2.52. The fraction of sp³-hybridized carbons (Fsp3) is 0.350. The Kier molecular flexibility index (Phi) is 5.50. The van der Waals surface area contributed by atoms with E-state index in [2.05, 4.69) is 19.9 Å². The number of fused-ring (bicyclic) bond motifs is 1. The Labute approximate surface area is 143 Å². The van der Waals surface area contributed by atoms with E-state index in [-0.39, 0.29) is 5.41 Å². The van der Waals surface area contributed by atoms with Crippen molar-refractivity contribution in [3.63, 3.8) is 0 Å². The van der Waals surface area contributed by atoms with Gasteiger partial charge in [-0.25, -0.2) is 4.79 Å². The van der Waals surface area contributed by atoms with Crippen molar-refractivity contribution in [2.75, 3.05) is 13.2 Å². The Morgan fingerprint density at radius 2 is 2.17 bits per heavy atom. The zero-order valence-electron chi connectivity index (χ0n) is 14.6. The van der Waals surface area contributed by atoms with Gasteiger partial charge in [-0.2, -0.15) is 0 Å². The van der Waals surface area contributed by atoms with E-state index in [1.807, 2.05) is 31.2 Å². The summed E-state index contributed by atoms with van der Waals surface area (Å²) in [6.07, 6.45) is 7.07. The third-order valence-electron chi connectivity index (χ3n) is 3.60. The molecule has 0 bridgehead atoms. The summed E-state index contributed by atoms with van der Waals surface area (Å²) in [6, 6.07) is 5.79. The van der Waals surface area contributed by atoms with Gasteiger partial charge >= 0.3 is 5.97 Å². The molecule has 0 atom stereocenters. The highest BCUT2D eigenvalue weighted by Crippen LogP contribution is 2.37. The SMILES string of the molecule is CCOc1ccc2c(c1)C(/C=C/C(C)=C/C(=O)O)=CC(C)(C)CO2. The minimum Gasteiger partial charge on any atom is -0.494 e. The lowest BCUT2D eigenvalue weighted by atomic mass is 9.90. The molecule has 1 N–H and O–H groups in total. The van der Waals surface area contributed by atoms with Gasteiger partial charge in [-0.05, 0) is 43.2 Å². The summed E-state index contributed by atoms with van der Waals surface area (Å²) in [4.78, 5) is 10.8. The number of carbonyl (C=O) groups is 1. The Hall–Kier alpha value is -2.49. The third kappa shape index (κ3) is 4.75. The summed E-state index contributed by atoms with van der Waals surface area (Å²) >= 11 is 0. The summed E-state index contributed by atoms with van der Waals surface area (Å²) in [6.45, 7) is 9.10. The molecule has 24 heavy (non-hydrogen) atoms. The molecular formula is C20H24O4. The van der Waals surface area contributed by atoms with Gasteiger partial charge < -0.3 is 14.6 Å². The Morgan fingerprint density at radius 1 is 1.42 bits per heavy atom. The molecule has 0 fully saturated rings. The van der Waals surface area contributed by atoms with E-state index in [1.165, 1.54) is 6.08 Å². The molecule has 128 valence electrons. The van der Waals surface area contributed by atoms with Crippen molar-refractivity contribution in [3.05, 3.63) is 53.6 Å². The largest absolute Gasteiger partial charge is 0.494 e. The monoisotopic (exact) mass is 328 g/mol. The maximum Gasteiger partial charge on any atom is 0.328 e. The first-order valence-electron chi connectivity index (χ1n) is 8.03. The van der Waals surface area contributed by atoms with Gasteiger partial charge in [0.15, 0.2) is 0 Å². The van der Waals surface area contributed by atoms with E-state index in [9.17, 15) is 4.79 Å². The Balaban J connectivity index is 2.46. The minimum atomic E-state index is -0.949. The standard InChI is InChI=1S/C20H24O4/c1-5-23-16-8-9-18-17(11-16)15(12-20(3,4)13-24-18)7-6-14(2)10-19(21)22/h6-12H,5,13H2,1-4H3,(H,21,22)/b7-6+,14-10+. The van der Waals surface area contributed by atoms with Crippen LogP contribution in [0.15, 0.2) is 48.1 Å². The molecule has 0 saturated carbocycles. The number of ether oxygens (including phenoxy) is 2. The molecular weight excluding hydrogens is 304 g/mol. The molecule has 1 aromatic carbocycles. The lowest BCUT2D eigenvalue weighted by Gasteiger charge is -2.18. The second-order valence-electron chi connectivity index (χ2n) is 6.53. The van der Waals surface area contributed by atoms with Crippen molar-refractivity contribution in [2.45, 2.75) is 27.7 Å². The fourth-order valence-electron chi connectivity index (χ4n) is 2.52. The summed E-state index contributed by atoms with van der Waals surface area (Å²) in [5.41, 5.74) is 2.49. The number of allylic oxidation sites excluding steroid dienone is 4. The van der Waals surface area contributed by atoms with Crippen LogP contribution >= 0.6 is 0 Å². The molecule has 0 radical (unpaired) electrons. The number of carboxylic acid groups (broad SMARTS) is 1. The van der Waals surface area contributed by atoms with Crippen LogP contribution in [-0.4, -0.2) is 24.3 Å². The van der Waals surface area contributed by atoms with Crippen LogP contribution in [0.3, 0.4) is 0 Å². The average Bonchev–Trinajstić information content (AvgIpc) is 2.61. The minimum absolute atomic E-state index is 0.130. The number of benzene rings is 1. The molecule has 0 aliphatic carbocycles. The summed E-state index contributed by atoms with van der Waals surface area (Å²) in [5, 5.41) is 8.84. The van der Waals surface area contributed by atoms with Crippen molar-refractivity contribution in [3.8, 4) is 11.5 Å². The van der Waals surface area contributed by atoms with Gasteiger partial charge in [-0.15, -0.1) is 0 Å². The maximum absolute atomic E-state index is 10.8. The summed E-state index contributed by atoms with van der Waals surface area (Å²) in [7, 11) is 0. The van der Waals surface area contributed by atoms with Crippen LogP contribution in [0.2, 0.25) is 0 Å². The van der Waals surface area contributed by atoms with Crippen LogP contribution in [0, 0.1) is 5.41 Å². The first kappa shape index (κ1) is 17.9. The van der Waals surface area contributed by atoms with Crippen LogP contribution in [0.25, 0.3) is 5.57 Å². The zero-order valence-corrected chi connectivity index (χ0v) is 14.6. The second kappa shape index (κ2) is 7.39. The summed E-state index contributed by atoms with van der Waals surface area (Å²) in [5.74, 6) is 0.645. The van der Waals surface area contributed by atoms with Crippen molar-refractivity contribution < 1.29 is 19.4 Å². The molecule has 1 heterocycles. The third-order valence-corrected chi connectivity index (χ3v) is 3.60. The van der Waals surface area contributed by atoms with Gasteiger partial charge in [-0.1, -0.05) is 32.1 Å².